The second kappa shape index (κ2) is 15.1. The van der Waals surface area contributed by atoms with Crippen molar-refractivity contribution >= 4 is 0 Å². The molecule has 0 aliphatic carbocycles. The maximum atomic E-state index is 5.35. The van der Waals surface area contributed by atoms with Crippen LogP contribution in [-0.4, -0.2) is 13.2 Å². The molecule has 0 N–H and O–H groups in total. The van der Waals surface area contributed by atoms with Gasteiger partial charge in [0.05, 0.1) is 0 Å². The molecular formula is C21H36O. The normalized spacial score (nSPS) is 11.0. The van der Waals surface area contributed by atoms with Crippen LogP contribution >= 0.6 is 0 Å². The Balaban J connectivity index is 1.73. The Hall–Kier alpha value is -0.820. The zero-order valence-corrected chi connectivity index (χ0v) is 14.7. The van der Waals surface area contributed by atoms with Crippen molar-refractivity contribution in [2.24, 2.45) is 0 Å². The van der Waals surface area contributed by atoms with E-state index in [4.69, 9.17) is 4.74 Å². The third kappa shape index (κ3) is 11.8. The lowest BCUT2D eigenvalue weighted by Crippen LogP contribution is -1.92. The molecule has 0 bridgehead atoms. The fourth-order valence-corrected chi connectivity index (χ4v) is 2.91. The molecule has 0 radical (unpaired) electrons. The molecule has 0 saturated carbocycles. The molecule has 1 rings (SSSR count). The number of hydrogen-bond acceptors (Lipinski definition) is 1. The highest BCUT2D eigenvalue weighted by atomic mass is 16.5. The van der Waals surface area contributed by atoms with Crippen LogP contribution in [0.5, 0.6) is 0 Å². The molecule has 0 saturated heterocycles. The van der Waals surface area contributed by atoms with E-state index in [-0.39, 0.29) is 0 Å². The lowest BCUT2D eigenvalue weighted by molar-refractivity contribution is 0.143. The Kier molecular flexibility index (Phi) is 13.2. The van der Waals surface area contributed by atoms with Crippen LogP contribution in [0.4, 0.5) is 0 Å². The standard InChI is InChI=1S/C21H36O/c1-2-22-20-16-11-9-7-5-3-4-6-8-10-13-17-21-18-14-12-15-19-21/h12,14-15,18-19H,2-11,13,16-17,20H2,1H3. The predicted octanol–water partition coefficient (Wildman–Crippen LogP) is 6.56. The zero-order valence-electron chi connectivity index (χ0n) is 14.7. The molecular weight excluding hydrogens is 268 g/mol. The molecule has 1 aromatic carbocycles. The molecule has 126 valence electrons. The largest absolute Gasteiger partial charge is 0.382 e. The molecule has 0 aliphatic rings. The molecule has 1 heteroatoms. The number of benzene rings is 1. The van der Waals surface area contributed by atoms with Crippen molar-refractivity contribution in [2.45, 2.75) is 84.0 Å². The summed E-state index contributed by atoms with van der Waals surface area (Å²) in [7, 11) is 0. The number of ether oxygens (including phenoxy) is 1. The summed E-state index contributed by atoms with van der Waals surface area (Å²) < 4.78 is 5.35. The molecule has 0 atom stereocenters. The molecule has 0 spiro atoms. The van der Waals surface area contributed by atoms with Crippen LogP contribution in [-0.2, 0) is 11.2 Å². The van der Waals surface area contributed by atoms with Crippen molar-refractivity contribution in [2.75, 3.05) is 13.2 Å². The summed E-state index contributed by atoms with van der Waals surface area (Å²) in [5.41, 5.74) is 1.49. The van der Waals surface area contributed by atoms with Crippen molar-refractivity contribution in [1.29, 1.82) is 0 Å². The van der Waals surface area contributed by atoms with Crippen molar-refractivity contribution in [1.82, 2.24) is 0 Å². The van der Waals surface area contributed by atoms with Gasteiger partial charge >= 0.3 is 0 Å². The molecule has 0 aliphatic heterocycles. The van der Waals surface area contributed by atoms with E-state index >= 15 is 0 Å². The summed E-state index contributed by atoms with van der Waals surface area (Å²) in [6, 6.07) is 10.9. The molecule has 1 aromatic rings. The van der Waals surface area contributed by atoms with Gasteiger partial charge in [-0.3, -0.25) is 0 Å². The summed E-state index contributed by atoms with van der Waals surface area (Å²) >= 11 is 0. The highest BCUT2D eigenvalue weighted by molar-refractivity contribution is 5.14. The quantitative estimate of drug-likeness (QED) is 0.333. The van der Waals surface area contributed by atoms with Crippen LogP contribution in [0.2, 0.25) is 0 Å². The van der Waals surface area contributed by atoms with Crippen LogP contribution in [0, 0.1) is 0 Å². The Morgan fingerprint density at radius 2 is 1.14 bits per heavy atom. The zero-order chi connectivity index (χ0) is 15.7. The van der Waals surface area contributed by atoms with Crippen LogP contribution in [0.3, 0.4) is 0 Å². The van der Waals surface area contributed by atoms with E-state index < -0.39 is 0 Å². The second-order valence-electron chi connectivity index (χ2n) is 6.32. The Labute approximate surface area is 138 Å². The van der Waals surface area contributed by atoms with Gasteiger partial charge in [0.15, 0.2) is 0 Å². The molecule has 0 amide bonds. The number of unbranched alkanes of at least 4 members (excludes halogenated alkanes) is 10. The van der Waals surface area contributed by atoms with Gasteiger partial charge in [0.1, 0.15) is 0 Å². The summed E-state index contributed by atoms with van der Waals surface area (Å²) in [5, 5.41) is 0. The fourth-order valence-electron chi connectivity index (χ4n) is 2.91. The average molecular weight is 305 g/mol. The first-order chi connectivity index (χ1) is 10.9. The Morgan fingerprint density at radius 1 is 0.636 bits per heavy atom. The fraction of sp³-hybridized carbons (Fsp3) is 0.714. The first-order valence-electron chi connectivity index (χ1n) is 9.55. The van der Waals surface area contributed by atoms with Gasteiger partial charge in [-0.05, 0) is 31.7 Å². The van der Waals surface area contributed by atoms with Gasteiger partial charge in [-0.1, -0.05) is 88.1 Å². The molecule has 0 heterocycles. The first kappa shape index (κ1) is 19.2. The SMILES string of the molecule is CCOCCCCCCCCCCCCCc1ccccc1. The van der Waals surface area contributed by atoms with Crippen LogP contribution in [0.1, 0.15) is 83.1 Å². The van der Waals surface area contributed by atoms with Crippen molar-refractivity contribution < 1.29 is 4.74 Å². The topological polar surface area (TPSA) is 9.23 Å². The van der Waals surface area contributed by atoms with Crippen molar-refractivity contribution in [3.63, 3.8) is 0 Å². The lowest BCUT2D eigenvalue weighted by atomic mass is 10.0. The second-order valence-corrected chi connectivity index (χ2v) is 6.32. The molecule has 22 heavy (non-hydrogen) atoms. The molecule has 1 nitrogen and oxygen atoms in total. The highest BCUT2D eigenvalue weighted by Gasteiger charge is 1.95. The number of rotatable bonds is 15. The Morgan fingerprint density at radius 3 is 1.68 bits per heavy atom. The van der Waals surface area contributed by atoms with Gasteiger partial charge in [0.2, 0.25) is 0 Å². The van der Waals surface area contributed by atoms with E-state index in [0.29, 0.717) is 0 Å². The van der Waals surface area contributed by atoms with E-state index in [1.807, 2.05) is 0 Å². The monoisotopic (exact) mass is 304 g/mol. The maximum absolute atomic E-state index is 5.35. The summed E-state index contributed by atoms with van der Waals surface area (Å²) in [4.78, 5) is 0. The van der Waals surface area contributed by atoms with E-state index in [0.717, 1.165) is 13.2 Å². The van der Waals surface area contributed by atoms with Crippen molar-refractivity contribution in [3.05, 3.63) is 35.9 Å². The summed E-state index contributed by atoms with van der Waals surface area (Å²) in [5.74, 6) is 0. The smallest absolute Gasteiger partial charge is 0.0465 e. The molecule has 0 fully saturated rings. The number of hydrogen-bond donors (Lipinski definition) is 0. The summed E-state index contributed by atoms with van der Waals surface area (Å²) in [6.07, 6.45) is 16.5. The van der Waals surface area contributed by atoms with Gasteiger partial charge in [-0.15, -0.1) is 0 Å². The third-order valence-electron chi connectivity index (χ3n) is 4.30. The lowest BCUT2D eigenvalue weighted by Gasteiger charge is -2.04. The molecule has 0 unspecified atom stereocenters. The van der Waals surface area contributed by atoms with Crippen molar-refractivity contribution in [3.8, 4) is 0 Å². The van der Waals surface area contributed by atoms with Crippen LogP contribution in [0.15, 0.2) is 30.3 Å². The van der Waals surface area contributed by atoms with Crippen LogP contribution in [0.25, 0.3) is 0 Å². The van der Waals surface area contributed by atoms with Crippen LogP contribution < -0.4 is 0 Å². The first-order valence-corrected chi connectivity index (χ1v) is 9.55. The maximum Gasteiger partial charge on any atom is 0.0465 e. The minimum absolute atomic E-state index is 0.866. The van der Waals surface area contributed by atoms with E-state index in [1.165, 1.54) is 82.6 Å². The minimum Gasteiger partial charge on any atom is -0.382 e. The van der Waals surface area contributed by atoms with Gasteiger partial charge < -0.3 is 4.74 Å². The van der Waals surface area contributed by atoms with E-state index in [1.54, 1.807) is 0 Å². The summed E-state index contributed by atoms with van der Waals surface area (Å²) in [6.45, 7) is 3.90. The number of aryl methyl sites for hydroxylation is 1. The van der Waals surface area contributed by atoms with Gasteiger partial charge in [-0.2, -0.15) is 0 Å². The van der Waals surface area contributed by atoms with Gasteiger partial charge in [0, 0.05) is 13.2 Å². The Bertz CT molecular complexity index is 320. The third-order valence-corrected chi connectivity index (χ3v) is 4.30. The molecule has 0 aromatic heterocycles. The van der Waals surface area contributed by atoms with Gasteiger partial charge in [-0.25, -0.2) is 0 Å². The minimum atomic E-state index is 0.866. The van der Waals surface area contributed by atoms with E-state index in [2.05, 4.69) is 37.3 Å². The highest BCUT2D eigenvalue weighted by Crippen LogP contribution is 2.12. The average Bonchev–Trinajstić information content (AvgIpc) is 2.56. The van der Waals surface area contributed by atoms with E-state index in [9.17, 15) is 0 Å². The predicted molar refractivity (Wildman–Crippen MR) is 97.4 cm³/mol. The van der Waals surface area contributed by atoms with Gasteiger partial charge in [0.25, 0.3) is 0 Å².